The van der Waals surface area contributed by atoms with Crippen LogP contribution >= 0.6 is 0 Å². The summed E-state index contributed by atoms with van der Waals surface area (Å²) in [6.45, 7) is 7.89. The number of nitrogens with one attached hydrogen (secondary N) is 1. The molecule has 0 radical (unpaired) electrons. The van der Waals surface area contributed by atoms with Gasteiger partial charge in [-0.2, -0.15) is 5.10 Å². The maximum absolute atomic E-state index is 12.5. The molecule has 0 aromatic carbocycles. The quantitative estimate of drug-likeness (QED) is 0.764. The predicted octanol–water partition coefficient (Wildman–Crippen LogP) is 1.10. The van der Waals surface area contributed by atoms with Crippen molar-refractivity contribution in [1.82, 2.24) is 19.4 Å². The lowest BCUT2D eigenvalue weighted by molar-refractivity contribution is 0.115. The summed E-state index contributed by atoms with van der Waals surface area (Å²) in [5, 5.41) is 4.33. The van der Waals surface area contributed by atoms with Crippen LogP contribution in [0.15, 0.2) is 17.3 Å². The SMILES string of the molecule is COCCN1CCCC(CNS(=O)(=O)c2ccnn2C(C)C)C1. The van der Waals surface area contributed by atoms with E-state index in [1.807, 2.05) is 13.8 Å². The van der Waals surface area contributed by atoms with E-state index in [1.165, 1.54) is 10.9 Å². The average Bonchev–Trinajstić information content (AvgIpc) is 3.02. The smallest absolute Gasteiger partial charge is 0.257 e. The van der Waals surface area contributed by atoms with Crippen LogP contribution in [-0.2, 0) is 14.8 Å². The molecule has 0 bridgehead atoms. The maximum Gasteiger partial charge on any atom is 0.257 e. The topological polar surface area (TPSA) is 76.5 Å². The van der Waals surface area contributed by atoms with Crippen LogP contribution in [0.4, 0.5) is 0 Å². The first-order valence-corrected chi connectivity index (χ1v) is 9.67. The first-order valence-electron chi connectivity index (χ1n) is 8.18. The highest BCUT2D eigenvalue weighted by Gasteiger charge is 2.24. The fourth-order valence-corrected chi connectivity index (χ4v) is 4.29. The number of rotatable bonds is 8. The summed E-state index contributed by atoms with van der Waals surface area (Å²) >= 11 is 0. The van der Waals surface area contributed by atoms with Crippen molar-refractivity contribution in [2.24, 2.45) is 5.92 Å². The van der Waals surface area contributed by atoms with Gasteiger partial charge in [0.1, 0.15) is 0 Å². The second-order valence-corrected chi connectivity index (χ2v) is 8.08. The van der Waals surface area contributed by atoms with Crippen LogP contribution in [-0.4, -0.2) is 63.0 Å². The van der Waals surface area contributed by atoms with E-state index in [4.69, 9.17) is 4.74 Å². The predicted molar refractivity (Wildman–Crippen MR) is 88.8 cm³/mol. The Kier molecular flexibility index (Phi) is 6.58. The van der Waals surface area contributed by atoms with Crippen molar-refractivity contribution in [3.8, 4) is 0 Å². The molecule has 132 valence electrons. The largest absolute Gasteiger partial charge is 0.383 e. The number of piperidine rings is 1. The van der Waals surface area contributed by atoms with Gasteiger partial charge in [-0.25, -0.2) is 13.1 Å². The molecule has 2 heterocycles. The van der Waals surface area contributed by atoms with Gasteiger partial charge in [-0.05, 0) is 45.2 Å². The van der Waals surface area contributed by atoms with Crippen LogP contribution in [0.2, 0.25) is 0 Å². The van der Waals surface area contributed by atoms with Crippen molar-refractivity contribution in [3.05, 3.63) is 12.3 Å². The number of methoxy groups -OCH3 is 1. The molecule has 23 heavy (non-hydrogen) atoms. The molecule has 0 aliphatic carbocycles. The summed E-state index contributed by atoms with van der Waals surface area (Å²) in [6, 6.07) is 1.56. The fraction of sp³-hybridized carbons (Fsp3) is 0.800. The number of sulfonamides is 1. The van der Waals surface area contributed by atoms with Gasteiger partial charge in [-0.3, -0.25) is 4.68 Å². The lowest BCUT2D eigenvalue weighted by Crippen LogP contribution is -2.42. The Hall–Kier alpha value is -0.960. The highest BCUT2D eigenvalue weighted by molar-refractivity contribution is 7.89. The summed E-state index contributed by atoms with van der Waals surface area (Å²) in [6.07, 6.45) is 3.68. The number of hydrogen-bond donors (Lipinski definition) is 1. The molecule has 8 heteroatoms. The van der Waals surface area contributed by atoms with E-state index in [2.05, 4.69) is 14.7 Å². The third-order valence-corrected chi connectivity index (χ3v) is 5.60. The standard InChI is InChI=1S/C15H28N4O3S/c1-13(2)19-15(6-7-16-19)23(20,21)17-11-14-5-4-8-18(12-14)9-10-22-3/h6-7,13-14,17H,4-5,8-12H2,1-3H3. The molecule has 1 N–H and O–H groups in total. The van der Waals surface area contributed by atoms with E-state index in [0.29, 0.717) is 19.1 Å². The van der Waals surface area contributed by atoms with Crippen LogP contribution in [0, 0.1) is 5.92 Å². The molecule has 1 aliphatic heterocycles. The van der Waals surface area contributed by atoms with Crippen molar-refractivity contribution in [2.75, 3.05) is 39.9 Å². The Balaban J connectivity index is 1.92. The van der Waals surface area contributed by atoms with Crippen LogP contribution in [0.1, 0.15) is 32.7 Å². The third kappa shape index (κ3) is 5.00. The van der Waals surface area contributed by atoms with Gasteiger partial charge < -0.3 is 9.64 Å². The van der Waals surface area contributed by atoms with Gasteiger partial charge >= 0.3 is 0 Å². The first-order chi connectivity index (χ1) is 10.9. The highest BCUT2D eigenvalue weighted by atomic mass is 32.2. The minimum absolute atomic E-state index is 0.00999. The van der Waals surface area contributed by atoms with Crippen molar-refractivity contribution < 1.29 is 13.2 Å². The summed E-state index contributed by atoms with van der Waals surface area (Å²) in [5.74, 6) is 0.339. The molecular weight excluding hydrogens is 316 g/mol. The average molecular weight is 344 g/mol. The Morgan fingerprint density at radius 1 is 1.48 bits per heavy atom. The van der Waals surface area contributed by atoms with Gasteiger partial charge in [0.2, 0.25) is 0 Å². The van der Waals surface area contributed by atoms with E-state index in [9.17, 15) is 8.42 Å². The molecule has 0 amide bonds. The lowest BCUT2D eigenvalue weighted by atomic mass is 9.98. The molecule has 1 atom stereocenters. The van der Waals surface area contributed by atoms with Crippen molar-refractivity contribution >= 4 is 10.0 Å². The van der Waals surface area contributed by atoms with Gasteiger partial charge in [-0.15, -0.1) is 0 Å². The Labute approximate surface area is 139 Å². The van der Waals surface area contributed by atoms with E-state index in [1.54, 1.807) is 13.2 Å². The number of hydrogen-bond acceptors (Lipinski definition) is 5. The molecule has 1 unspecified atom stereocenters. The molecule has 1 saturated heterocycles. The number of nitrogens with zero attached hydrogens (tertiary/aromatic N) is 3. The zero-order valence-corrected chi connectivity index (χ0v) is 15.1. The second kappa shape index (κ2) is 8.23. The molecule has 0 saturated carbocycles. The maximum atomic E-state index is 12.5. The van der Waals surface area contributed by atoms with Crippen LogP contribution in [0.25, 0.3) is 0 Å². The summed E-state index contributed by atoms with van der Waals surface area (Å²) in [5.41, 5.74) is 0. The molecule has 7 nitrogen and oxygen atoms in total. The van der Waals surface area contributed by atoms with E-state index in [0.717, 1.165) is 32.5 Å². The van der Waals surface area contributed by atoms with Gasteiger partial charge in [0.15, 0.2) is 5.03 Å². The Bertz CT molecular complexity index is 585. The van der Waals surface area contributed by atoms with Crippen molar-refractivity contribution in [3.63, 3.8) is 0 Å². The second-order valence-electron chi connectivity index (χ2n) is 6.36. The summed E-state index contributed by atoms with van der Waals surface area (Å²) in [4.78, 5) is 2.34. The number of likely N-dealkylation sites (tertiary alicyclic amines) is 1. The minimum Gasteiger partial charge on any atom is -0.383 e. The molecule has 1 fully saturated rings. The zero-order valence-electron chi connectivity index (χ0n) is 14.2. The summed E-state index contributed by atoms with van der Waals surface area (Å²) in [7, 11) is -1.82. The monoisotopic (exact) mass is 344 g/mol. The highest BCUT2D eigenvalue weighted by Crippen LogP contribution is 2.18. The lowest BCUT2D eigenvalue weighted by Gasteiger charge is -2.32. The molecular formula is C15H28N4O3S. The summed E-state index contributed by atoms with van der Waals surface area (Å²) < 4.78 is 34.4. The van der Waals surface area contributed by atoms with Crippen LogP contribution in [0.5, 0.6) is 0 Å². The number of aromatic nitrogens is 2. The Morgan fingerprint density at radius 3 is 2.96 bits per heavy atom. The van der Waals surface area contributed by atoms with Crippen LogP contribution < -0.4 is 4.72 Å². The third-order valence-electron chi connectivity index (χ3n) is 4.18. The molecule has 2 rings (SSSR count). The molecule has 1 aromatic heterocycles. The van der Waals surface area contributed by atoms with Crippen molar-refractivity contribution in [1.29, 1.82) is 0 Å². The fourth-order valence-electron chi connectivity index (χ4n) is 2.95. The van der Waals surface area contributed by atoms with E-state index < -0.39 is 10.0 Å². The minimum atomic E-state index is -3.52. The van der Waals surface area contributed by atoms with Gasteiger partial charge in [0.05, 0.1) is 12.8 Å². The van der Waals surface area contributed by atoms with Gasteiger partial charge in [-0.1, -0.05) is 0 Å². The molecule has 1 aromatic rings. The Morgan fingerprint density at radius 2 is 2.26 bits per heavy atom. The van der Waals surface area contributed by atoms with Gasteiger partial charge in [0, 0.05) is 32.8 Å². The van der Waals surface area contributed by atoms with Crippen LogP contribution in [0.3, 0.4) is 0 Å². The molecule has 0 spiro atoms. The van der Waals surface area contributed by atoms with E-state index in [-0.39, 0.29) is 11.1 Å². The van der Waals surface area contributed by atoms with Gasteiger partial charge in [0.25, 0.3) is 10.0 Å². The first kappa shape index (κ1) is 18.4. The number of ether oxygens (including phenoxy) is 1. The van der Waals surface area contributed by atoms with E-state index >= 15 is 0 Å². The molecule has 1 aliphatic rings. The normalized spacial score (nSPS) is 20.3. The van der Waals surface area contributed by atoms with Crippen molar-refractivity contribution in [2.45, 2.75) is 37.8 Å². The zero-order chi connectivity index (χ0) is 16.9.